The molecule has 1 heterocycles. The molecule has 8 heteroatoms. The molecule has 0 saturated heterocycles. The second-order valence-corrected chi connectivity index (χ2v) is 7.16. The van der Waals surface area contributed by atoms with Gasteiger partial charge in [-0.15, -0.1) is 11.8 Å². The smallest absolute Gasteiger partial charge is 0.288 e. The van der Waals surface area contributed by atoms with Crippen LogP contribution in [-0.4, -0.2) is 16.2 Å². The van der Waals surface area contributed by atoms with E-state index in [1.807, 2.05) is 31.4 Å². The summed E-state index contributed by atoms with van der Waals surface area (Å²) < 4.78 is 5.89. The predicted molar refractivity (Wildman–Crippen MR) is 106 cm³/mol. The number of hydrogen-bond acceptors (Lipinski definition) is 5. The van der Waals surface area contributed by atoms with Crippen LogP contribution in [0.1, 0.15) is 11.3 Å². The number of para-hydroxylation sites is 1. The van der Waals surface area contributed by atoms with Crippen molar-refractivity contribution in [1.29, 1.82) is 0 Å². The molecule has 134 valence electrons. The quantitative estimate of drug-likeness (QED) is 0.291. The lowest BCUT2D eigenvalue weighted by Gasteiger charge is -2.13. The van der Waals surface area contributed by atoms with Crippen LogP contribution in [0.25, 0.3) is 10.9 Å². The van der Waals surface area contributed by atoms with E-state index in [0.29, 0.717) is 16.3 Å². The molecule has 0 aliphatic carbocycles. The lowest BCUT2D eigenvalue weighted by Crippen LogP contribution is -2.01. The van der Waals surface area contributed by atoms with Crippen molar-refractivity contribution in [2.75, 3.05) is 6.26 Å². The van der Waals surface area contributed by atoms with Crippen molar-refractivity contribution in [2.24, 2.45) is 0 Å². The first-order chi connectivity index (χ1) is 12.4. The van der Waals surface area contributed by atoms with Crippen LogP contribution >= 0.6 is 35.0 Å². The number of nitro benzene ring substituents is 1. The van der Waals surface area contributed by atoms with Crippen molar-refractivity contribution < 1.29 is 9.66 Å². The number of rotatable bonds is 5. The van der Waals surface area contributed by atoms with Gasteiger partial charge in [-0.3, -0.25) is 10.1 Å². The molecular weight excluding hydrogens is 395 g/mol. The molecule has 0 bridgehead atoms. The van der Waals surface area contributed by atoms with Crippen LogP contribution in [-0.2, 0) is 6.61 Å². The van der Waals surface area contributed by atoms with E-state index in [0.717, 1.165) is 21.5 Å². The molecule has 0 radical (unpaired) electrons. The molecule has 0 N–H and O–H groups in total. The summed E-state index contributed by atoms with van der Waals surface area (Å²) in [6.07, 6.45) is 2.00. The Labute approximate surface area is 164 Å². The van der Waals surface area contributed by atoms with E-state index in [1.54, 1.807) is 17.8 Å². The van der Waals surface area contributed by atoms with Crippen LogP contribution in [0, 0.1) is 17.0 Å². The summed E-state index contributed by atoms with van der Waals surface area (Å²) in [5.41, 5.74) is 1.78. The molecular formula is C18H14Cl2N2O3S. The second-order valence-electron chi connectivity index (χ2n) is 5.52. The zero-order valence-electron chi connectivity index (χ0n) is 14.0. The van der Waals surface area contributed by atoms with Gasteiger partial charge in [0.05, 0.1) is 4.92 Å². The topological polar surface area (TPSA) is 65.3 Å². The molecule has 1 aromatic heterocycles. The zero-order valence-corrected chi connectivity index (χ0v) is 16.3. The maximum Gasteiger partial charge on any atom is 0.288 e. The van der Waals surface area contributed by atoms with Gasteiger partial charge in [-0.2, -0.15) is 0 Å². The Morgan fingerprint density at radius 3 is 2.73 bits per heavy atom. The van der Waals surface area contributed by atoms with E-state index in [9.17, 15) is 10.1 Å². The van der Waals surface area contributed by atoms with Crippen LogP contribution in [0.4, 0.5) is 5.69 Å². The van der Waals surface area contributed by atoms with E-state index in [-0.39, 0.29) is 17.3 Å². The highest BCUT2D eigenvalue weighted by Crippen LogP contribution is 2.36. The molecule has 0 fully saturated rings. The van der Waals surface area contributed by atoms with Crippen molar-refractivity contribution >= 4 is 51.6 Å². The Bertz CT molecular complexity index is 1010. The number of ether oxygens (including phenoxy) is 1. The number of nitrogens with zero attached hydrogens (tertiary/aromatic N) is 2. The van der Waals surface area contributed by atoms with Crippen LogP contribution < -0.4 is 4.74 Å². The third-order valence-electron chi connectivity index (χ3n) is 3.85. The standard InChI is InChI=1S/C18H14Cl2N2O3S/c1-10-8-16(26-2)11-4-3-5-15(18(11)21-10)25-9-12-13(19)6-7-14(17(12)20)22(23)24/h3-8H,9H2,1-2H3. The van der Waals surface area contributed by atoms with Gasteiger partial charge in [0.1, 0.15) is 22.9 Å². The fraction of sp³-hybridized carbons (Fsp3) is 0.167. The molecule has 3 aromatic rings. The second kappa shape index (κ2) is 7.70. The molecule has 0 atom stereocenters. The van der Waals surface area contributed by atoms with Crippen LogP contribution in [0.15, 0.2) is 41.3 Å². The third kappa shape index (κ3) is 3.58. The van der Waals surface area contributed by atoms with Gasteiger partial charge < -0.3 is 4.74 Å². The maximum absolute atomic E-state index is 11.1. The fourth-order valence-corrected chi connectivity index (χ4v) is 3.83. The van der Waals surface area contributed by atoms with Crippen LogP contribution in [0.5, 0.6) is 5.75 Å². The lowest BCUT2D eigenvalue weighted by molar-refractivity contribution is -0.384. The van der Waals surface area contributed by atoms with Gasteiger partial charge in [-0.1, -0.05) is 35.3 Å². The van der Waals surface area contributed by atoms with E-state index in [4.69, 9.17) is 27.9 Å². The highest BCUT2D eigenvalue weighted by molar-refractivity contribution is 7.98. The van der Waals surface area contributed by atoms with Gasteiger partial charge in [0, 0.05) is 32.6 Å². The third-order valence-corrected chi connectivity index (χ3v) is 5.40. The first kappa shape index (κ1) is 18.8. The minimum Gasteiger partial charge on any atom is -0.487 e. The zero-order chi connectivity index (χ0) is 18.8. The van der Waals surface area contributed by atoms with E-state index >= 15 is 0 Å². The molecule has 0 unspecified atom stereocenters. The summed E-state index contributed by atoms with van der Waals surface area (Å²) in [6, 6.07) is 10.4. The number of fused-ring (bicyclic) bond motifs is 1. The highest BCUT2D eigenvalue weighted by Gasteiger charge is 2.19. The Hall–Kier alpha value is -2.02. The lowest BCUT2D eigenvalue weighted by atomic mass is 10.2. The number of thioether (sulfide) groups is 1. The maximum atomic E-state index is 11.1. The Balaban J connectivity index is 2.00. The number of pyridine rings is 1. The van der Waals surface area contributed by atoms with Gasteiger partial charge in [-0.05, 0) is 31.4 Å². The number of aryl methyl sites for hydroxylation is 1. The molecule has 0 amide bonds. The van der Waals surface area contributed by atoms with Crippen LogP contribution in [0.3, 0.4) is 0 Å². The molecule has 0 aliphatic heterocycles. The van der Waals surface area contributed by atoms with Gasteiger partial charge in [0.25, 0.3) is 5.69 Å². The molecule has 5 nitrogen and oxygen atoms in total. The molecule has 2 aromatic carbocycles. The van der Waals surface area contributed by atoms with Crippen molar-refractivity contribution in [3.8, 4) is 5.75 Å². The normalized spacial score (nSPS) is 10.9. The highest BCUT2D eigenvalue weighted by atomic mass is 35.5. The summed E-state index contributed by atoms with van der Waals surface area (Å²) in [5.74, 6) is 0.570. The van der Waals surface area contributed by atoms with Crippen LogP contribution in [0.2, 0.25) is 10.0 Å². The van der Waals surface area contributed by atoms with Gasteiger partial charge in [-0.25, -0.2) is 4.98 Å². The Kier molecular flexibility index (Phi) is 5.55. The van der Waals surface area contributed by atoms with Gasteiger partial charge in [0.15, 0.2) is 0 Å². The SMILES string of the molecule is CSc1cc(C)nc2c(OCc3c(Cl)ccc([N+](=O)[O-])c3Cl)cccc12. The summed E-state index contributed by atoms with van der Waals surface area (Å²) >= 11 is 13.9. The first-order valence-corrected chi connectivity index (χ1v) is 9.59. The number of nitro groups is 1. The minimum atomic E-state index is -0.546. The summed E-state index contributed by atoms with van der Waals surface area (Å²) in [4.78, 5) is 16.2. The van der Waals surface area contributed by atoms with Crippen molar-refractivity contribution in [3.63, 3.8) is 0 Å². The fourth-order valence-electron chi connectivity index (χ4n) is 2.61. The minimum absolute atomic E-state index is 0.00266. The number of hydrogen-bond donors (Lipinski definition) is 0. The average Bonchev–Trinajstić information content (AvgIpc) is 2.60. The molecule has 26 heavy (non-hydrogen) atoms. The largest absolute Gasteiger partial charge is 0.487 e. The monoisotopic (exact) mass is 408 g/mol. The summed E-state index contributed by atoms with van der Waals surface area (Å²) in [5, 5.41) is 12.3. The first-order valence-electron chi connectivity index (χ1n) is 7.60. The van der Waals surface area contributed by atoms with Crippen molar-refractivity contribution in [2.45, 2.75) is 18.4 Å². The summed E-state index contributed by atoms with van der Waals surface area (Å²) in [6.45, 7) is 1.92. The predicted octanol–water partition coefficient (Wildman–Crippen LogP) is 6.06. The molecule has 0 spiro atoms. The van der Waals surface area contributed by atoms with Gasteiger partial charge in [0.2, 0.25) is 0 Å². The molecule has 0 saturated carbocycles. The number of aromatic nitrogens is 1. The van der Waals surface area contributed by atoms with E-state index in [2.05, 4.69) is 4.98 Å². The Morgan fingerprint density at radius 2 is 2.04 bits per heavy atom. The van der Waals surface area contributed by atoms with E-state index < -0.39 is 4.92 Å². The van der Waals surface area contributed by atoms with Crippen molar-refractivity contribution in [1.82, 2.24) is 4.98 Å². The Morgan fingerprint density at radius 1 is 1.27 bits per heavy atom. The number of halogens is 2. The number of benzene rings is 2. The average molecular weight is 409 g/mol. The molecule has 0 aliphatic rings. The summed E-state index contributed by atoms with van der Waals surface area (Å²) in [7, 11) is 0. The van der Waals surface area contributed by atoms with Gasteiger partial charge >= 0.3 is 0 Å². The van der Waals surface area contributed by atoms with Crippen molar-refractivity contribution in [3.05, 3.63) is 67.8 Å². The van der Waals surface area contributed by atoms with E-state index in [1.165, 1.54) is 12.1 Å². The molecule has 3 rings (SSSR count).